The highest BCUT2D eigenvalue weighted by Crippen LogP contribution is 2.26. The molecule has 76 valence electrons. The van der Waals surface area contributed by atoms with Gasteiger partial charge in [0.15, 0.2) is 11.5 Å². The maximum atomic E-state index is 5.70. The average Bonchev–Trinajstić information content (AvgIpc) is 2.06. The van der Waals surface area contributed by atoms with Crippen LogP contribution in [0.1, 0.15) is 0 Å². The normalized spacial score (nSPS) is 10.7. The van der Waals surface area contributed by atoms with Gasteiger partial charge in [0.1, 0.15) is 0 Å². The molecule has 0 spiro atoms. The molecular weight excluding hydrogens is 208 g/mol. The fourth-order valence-corrected chi connectivity index (χ4v) is 2.31. The van der Waals surface area contributed by atoms with E-state index < -0.39 is 18.1 Å². The molecule has 1 aromatic rings. The van der Waals surface area contributed by atoms with Crippen molar-refractivity contribution in [1.29, 1.82) is 0 Å². The largest absolute Gasteiger partial charge is 0.544 e. The van der Waals surface area contributed by atoms with Gasteiger partial charge in [-0.25, -0.2) is 0 Å². The molecule has 0 aliphatic heterocycles. The highest BCUT2D eigenvalue weighted by Gasteiger charge is 2.08. The maximum absolute atomic E-state index is 5.70. The van der Waals surface area contributed by atoms with E-state index in [0.29, 0.717) is 0 Å². The summed E-state index contributed by atoms with van der Waals surface area (Å²) in [6.45, 7) is 8.49. The van der Waals surface area contributed by atoms with Crippen LogP contribution in [0.3, 0.4) is 0 Å². The molecule has 0 amide bonds. The van der Waals surface area contributed by atoms with E-state index in [1.165, 1.54) is 0 Å². The third-order valence-corrected chi connectivity index (χ3v) is 2.84. The van der Waals surface area contributed by atoms with Crippen LogP contribution in [-0.2, 0) is 0 Å². The highest BCUT2D eigenvalue weighted by molar-refractivity contribution is 6.50. The van der Waals surface area contributed by atoms with E-state index in [2.05, 4.69) is 38.3 Å². The fourth-order valence-electron chi connectivity index (χ4n) is 1.01. The molecule has 0 unspecified atom stereocenters. The Labute approximate surface area is 89.3 Å². The lowest BCUT2D eigenvalue weighted by Gasteiger charge is -2.15. The van der Waals surface area contributed by atoms with Gasteiger partial charge in [-0.3, -0.25) is 0 Å². The molecule has 0 aliphatic rings. The van der Waals surface area contributed by atoms with E-state index in [4.69, 9.17) is 8.85 Å². The minimum Gasteiger partial charge on any atom is -0.544 e. The Morgan fingerprint density at radius 3 is 1.50 bits per heavy atom. The van der Waals surface area contributed by atoms with Crippen LogP contribution in [0.4, 0.5) is 0 Å². The van der Waals surface area contributed by atoms with Crippen molar-refractivity contribution in [1.82, 2.24) is 0 Å². The molecule has 0 heterocycles. The van der Waals surface area contributed by atoms with Crippen molar-refractivity contribution in [2.45, 2.75) is 26.2 Å². The molecule has 0 fully saturated rings. The van der Waals surface area contributed by atoms with E-state index in [9.17, 15) is 0 Å². The van der Waals surface area contributed by atoms with Crippen LogP contribution in [0, 0.1) is 12.1 Å². The van der Waals surface area contributed by atoms with Gasteiger partial charge < -0.3 is 8.85 Å². The third-order valence-electron chi connectivity index (χ3n) is 1.43. The molecule has 0 aromatic heterocycles. The van der Waals surface area contributed by atoms with Crippen LogP contribution in [0.15, 0.2) is 12.1 Å². The number of rotatable bonds is 4. The Morgan fingerprint density at radius 1 is 0.857 bits per heavy atom. The molecule has 0 atom stereocenters. The maximum Gasteiger partial charge on any atom is 0.229 e. The van der Waals surface area contributed by atoms with E-state index in [1.807, 2.05) is 0 Å². The molecule has 0 saturated heterocycles. The van der Waals surface area contributed by atoms with Gasteiger partial charge in [-0.15, -0.1) is 0 Å². The minimum atomic E-state index is -1.09. The van der Waals surface area contributed by atoms with Crippen molar-refractivity contribution in [2.75, 3.05) is 0 Å². The molecule has 0 N–H and O–H groups in total. The van der Waals surface area contributed by atoms with E-state index in [-0.39, 0.29) is 0 Å². The van der Waals surface area contributed by atoms with Gasteiger partial charge >= 0.3 is 0 Å². The zero-order valence-corrected chi connectivity index (χ0v) is 11.4. The predicted octanol–water partition coefficient (Wildman–Crippen LogP) is 2.01. The SMILES string of the molecule is C[SiH](C)Oc1[c]cc[c]c1O[SiH](C)C. The molecule has 1 aromatic carbocycles. The van der Waals surface area contributed by atoms with Crippen LogP contribution in [0.25, 0.3) is 0 Å². The lowest BCUT2D eigenvalue weighted by molar-refractivity contribution is 0.508. The van der Waals surface area contributed by atoms with Gasteiger partial charge in [0, 0.05) is 12.1 Å². The van der Waals surface area contributed by atoms with Gasteiger partial charge in [-0.2, -0.15) is 0 Å². The number of benzene rings is 1. The second kappa shape index (κ2) is 5.21. The third kappa shape index (κ3) is 3.55. The summed E-state index contributed by atoms with van der Waals surface area (Å²) in [6, 6.07) is 9.72. The molecule has 1 rings (SSSR count). The summed E-state index contributed by atoms with van der Waals surface area (Å²) >= 11 is 0. The molecule has 0 saturated carbocycles. The van der Waals surface area contributed by atoms with Gasteiger partial charge in [0.2, 0.25) is 18.1 Å². The van der Waals surface area contributed by atoms with Crippen molar-refractivity contribution in [3.05, 3.63) is 24.3 Å². The van der Waals surface area contributed by atoms with E-state index in [1.54, 1.807) is 12.1 Å². The smallest absolute Gasteiger partial charge is 0.229 e. The first-order valence-electron chi connectivity index (χ1n) is 4.85. The van der Waals surface area contributed by atoms with Gasteiger partial charge in [0.05, 0.1) is 0 Å². The first kappa shape index (κ1) is 11.3. The molecule has 0 aliphatic carbocycles. The molecule has 2 nitrogen and oxygen atoms in total. The Kier molecular flexibility index (Phi) is 4.22. The molecule has 14 heavy (non-hydrogen) atoms. The summed E-state index contributed by atoms with van der Waals surface area (Å²) in [6.07, 6.45) is 0. The molecule has 4 heteroatoms. The molecule has 0 bridgehead atoms. The van der Waals surface area contributed by atoms with Gasteiger partial charge in [-0.05, 0) is 38.3 Å². The summed E-state index contributed by atoms with van der Waals surface area (Å²) in [5.41, 5.74) is 0. The zero-order valence-electron chi connectivity index (χ0n) is 9.13. The monoisotopic (exact) mass is 224 g/mol. The summed E-state index contributed by atoms with van der Waals surface area (Å²) in [7, 11) is -2.17. The minimum absolute atomic E-state index is 0.732. The summed E-state index contributed by atoms with van der Waals surface area (Å²) in [5, 5.41) is 0. The van der Waals surface area contributed by atoms with Crippen molar-refractivity contribution in [2.24, 2.45) is 0 Å². The van der Waals surface area contributed by atoms with Crippen LogP contribution >= 0.6 is 0 Å². The zero-order chi connectivity index (χ0) is 10.6. The van der Waals surface area contributed by atoms with Crippen molar-refractivity contribution in [3.63, 3.8) is 0 Å². The molecule has 2 radical (unpaired) electrons. The number of hydrogen-bond donors (Lipinski definition) is 0. The molecular formula is C10H16O2Si2. The van der Waals surface area contributed by atoms with E-state index >= 15 is 0 Å². The van der Waals surface area contributed by atoms with E-state index in [0.717, 1.165) is 11.5 Å². The summed E-state index contributed by atoms with van der Waals surface area (Å²) in [5.74, 6) is 1.46. The fraction of sp³-hybridized carbons (Fsp3) is 0.400. The van der Waals surface area contributed by atoms with Crippen LogP contribution in [-0.4, -0.2) is 18.1 Å². The standard InChI is InChI=1S/C10H16O2Si2/c1-13(2)11-9-7-5-6-8-10(9)12-14(3)4/h5-6,13-14H,1-4H3. The predicted molar refractivity (Wildman–Crippen MR) is 63.1 cm³/mol. The summed E-state index contributed by atoms with van der Waals surface area (Å²) < 4.78 is 11.4. The highest BCUT2D eigenvalue weighted by atomic mass is 28.3. The topological polar surface area (TPSA) is 18.5 Å². The Hall–Kier alpha value is -0.746. The van der Waals surface area contributed by atoms with Crippen molar-refractivity contribution < 1.29 is 8.85 Å². The van der Waals surface area contributed by atoms with Crippen LogP contribution in [0.2, 0.25) is 26.2 Å². The van der Waals surface area contributed by atoms with Crippen LogP contribution < -0.4 is 8.85 Å². The first-order valence-corrected chi connectivity index (χ1v) is 10.4. The summed E-state index contributed by atoms with van der Waals surface area (Å²) in [4.78, 5) is 0. The quantitative estimate of drug-likeness (QED) is 0.729. The lowest BCUT2D eigenvalue weighted by atomic mass is 10.3. The second-order valence-corrected chi connectivity index (χ2v) is 8.28. The number of hydrogen-bond acceptors (Lipinski definition) is 2. The lowest BCUT2D eigenvalue weighted by Crippen LogP contribution is -2.15. The van der Waals surface area contributed by atoms with Gasteiger partial charge in [-0.1, -0.05) is 0 Å². The first-order chi connectivity index (χ1) is 6.59. The average molecular weight is 224 g/mol. The van der Waals surface area contributed by atoms with Gasteiger partial charge in [0.25, 0.3) is 0 Å². The van der Waals surface area contributed by atoms with Crippen molar-refractivity contribution >= 4 is 18.1 Å². The van der Waals surface area contributed by atoms with Crippen molar-refractivity contribution in [3.8, 4) is 11.5 Å². The Morgan fingerprint density at radius 2 is 1.21 bits per heavy atom. The second-order valence-electron chi connectivity index (χ2n) is 3.61. The Balaban J connectivity index is 2.80. The van der Waals surface area contributed by atoms with Crippen LogP contribution in [0.5, 0.6) is 11.5 Å². The Bertz CT molecular complexity index is 258.